The Bertz CT molecular complexity index is 582. The molecule has 0 spiro atoms. The van der Waals surface area contributed by atoms with Crippen LogP contribution in [0.4, 0.5) is 5.69 Å². The van der Waals surface area contributed by atoms with E-state index in [0.717, 1.165) is 6.54 Å². The van der Waals surface area contributed by atoms with Crippen molar-refractivity contribution in [2.24, 2.45) is 0 Å². The van der Waals surface area contributed by atoms with Crippen molar-refractivity contribution in [3.8, 4) is 0 Å². The molecule has 130 valence electrons. The first-order chi connectivity index (χ1) is 11.6. The highest BCUT2D eigenvalue weighted by atomic mass is 16.5. The summed E-state index contributed by atoms with van der Waals surface area (Å²) >= 11 is 0. The molecule has 1 aliphatic rings. The van der Waals surface area contributed by atoms with Gasteiger partial charge in [-0.05, 0) is 24.3 Å². The molecular weight excluding hydrogens is 314 g/mol. The second-order valence-corrected chi connectivity index (χ2v) is 5.31. The van der Waals surface area contributed by atoms with Crippen LogP contribution in [0, 0.1) is 0 Å². The van der Waals surface area contributed by atoms with Crippen molar-refractivity contribution in [1.82, 2.24) is 10.6 Å². The predicted molar refractivity (Wildman–Crippen MR) is 86.6 cm³/mol. The molecule has 1 aliphatic heterocycles. The number of nitrogens with one attached hydrogen (secondary N) is 3. The summed E-state index contributed by atoms with van der Waals surface area (Å²) in [6, 6.07) is 6.43. The van der Waals surface area contributed by atoms with E-state index in [9.17, 15) is 14.4 Å². The molecular formula is C16H21N3O5. The first kappa shape index (κ1) is 17.9. The zero-order valence-corrected chi connectivity index (χ0v) is 13.5. The maximum absolute atomic E-state index is 12.0. The van der Waals surface area contributed by atoms with Gasteiger partial charge in [0.25, 0.3) is 5.91 Å². The highest BCUT2D eigenvalue weighted by molar-refractivity contribution is 5.97. The number of esters is 1. The summed E-state index contributed by atoms with van der Waals surface area (Å²) in [5.41, 5.74) is 0.987. The highest BCUT2D eigenvalue weighted by Gasteiger charge is 2.17. The second-order valence-electron chi connectivity index (χ2n) is 5.31. The quantitative estimate of drug-likeness (QED) is 0.627. The predicted octanol–water partition coefficient (Wildman–Crippen LogP) is -0.0936. The monoisotopic (exact) mass is 335 g/mol. The zero-order chi connectivity index (χ0) is 17.4. The van der Waals surface area contributed by atoms with E-state index in [0.29, 0.717) is 30.9 Å². The molecule has 0 aliphatic carbocycles. The van der Waals surface area contributed by atoms with Crippen molar-refractivity contribution in [1.29, 1.82) is 0 Å². The van der Waals surface area contributed by atoms with Crippen molar-refractivity contribution in [2.45, 2.75) is 12.5 Å². The van der Waals surface area contributed by atoms with E-state index >= 15 is 0 Å². The molecule has 1 aromatic rings. The lowest BCUT2D eigenvalue weighted by atomic mass is 10.1. The van der Waals surface area contributed by atoms with Crippen LogP contribution in [-0.2, 0) is 19.1 Å². The minimum Gasteiger partial charge on any atom is -0.468 e. The summed E-state index contributed by atoms with van der Waals surface area (Å²) in [6.07, 6.45) is 0.321. The molecule has 2 amide bonds. The number of benzene rings is 1. The molecule has 8 heteroatoms. The van der Waals surface area contributed by atoms with Gasteiger partial charge in [-0.2, -0.15) is 0 Å². The molecule has 24 heavy (non-hydrogen) atoms. The van der Waals surface area contributed by atoms with Gasteiger partial charge in [0.05, 0.1) is 20.3 Å². The summed E-state index contributed by atoms with van der Waals surface area (Å²) < 4.78 is 9.75. The summed E-state index contributed by atoms with van der Waals surface area (Å²) in [6.45, 7) is 1.74. The van der Waals surface area contributed by atoms with Crippen LogP contribution in [0.15, 0.2) is 24.3 Å². The molecule has 0 saturated carbocycles. The van der Waals surface area contributed by atoms with E-state index in [1.165, 1.54) is 7.11 Å². The van der Waals surface area contributed by atoms with E-state index in [1.807, 2.05) is 0 Å². The molecule has 2 rings (SSSR count). The number of amides is 2. The van der Waals surface area contributed by atoms with Gasteiger partial charge in [-0.15, -0.1) is 0 Å². The van der Waals surface area contributed by atoms with Crippen LogP contribution in [-0.4, -0.2) is 57.2 Å². The van der Waals surface area contributed by atoms with Crippen LogP contribution in [0.2, 0.25) is 0 Å². The number of carbonyl (C=O) groups excluding carboxylic acids is 3. The van der Waals surface area contributed by atoms with Crippen molar-refractivity contribution in [2.75, 3.05) is 38.7 Å². The Morgan fingerprint density at radius 3 is 2.67 bits per heavy atom. The number of hydrogen-bond acceptors (Lipinski definition) is 6. The molecule has 0 aromatic heterocycles. The summed E-state index contributed by atoms with van der Waals surface area (Å²) in [5.74, 6) is -1.03. The average Bonchev–Trinajstić information content (AvgIpc) is 2.60. The van der Waals surface area contributed by atoms with Gasteiger partial charge in [0, 0.05) is 30.3 Å². The SMILES string of the molecule is COC(=O)CNC(=O)c1ccc(NC(=O)CC2COCCN2)cc1. The molecule has 1 saturated heterocycles. The Kier molecular flexibility index (Phi) is 6.71. The largest absolute Gasteiger partial charge is 0.468 e. The Labute approximate surface area is 139 Å². The lowest BCUT2D eigenvalue weighted by Crippen LogP contribution is -2.43. The van der Waals surface area contributed by atoms with Crippen LogP contribution >= 0.6 is 0 Å². The molecule has 1 aromatic carbocycles. The lowest BCUT2D eigenvalue weighted by molar-refractivity contribution is -0.139. The highest BCUT2D eigenvalue weighted by Crippen LogP contribution is 2.11. The van der Waals surface area contributed by atoms with Crippen LogP contribution < -0.4 is 16.0 Å². The van der Waals surface area contributed by atoms with Gasteiger partial charge in [0.2, 0.25) is 5.91 Å². The van der Waals surface area contributed by atoms with Crippen LogP contribution in [0.5, 0.6) is 0 Å². The van der Waals surface area contributed by atoms with Gasteiger partial charge >= 0.3 is 5.97 Å². The molecule has 1 atom stereocenters. The molecule has 1 unspecified atom stereocenters. The van der Waals surface area contributed by atoms with E-state index in [4.69, 9.17) is 4.74 Å². The van der Waals surface area contributed by atoms with Crippen LogP contribution in [0.1, 0.15) is 16.8 Å². The number of rotatable bonds is 6. The minimum atomic E-state index is -0.521. The average molecular weight is 335 g/mol. The molecule has 0 radical (unpaired) electrons. The van der Waals surface area contributed by atoms with Crippen LogP contribution in [0.3, 0.4) is 0 Å². The number of hydrogen-bond donors (Lipinski definition) is 3. The topological polar surface area (TPSA) is 106 Å². The Balaban J connectivity index is 1.81. The van der Waals surface area contributed by atoms with Gasteiger partial charge in [-0.3, -0.25) is 14.4 Å². The molecule has 1 fully saturated rings. The van der Waals surface area contributed by atoms with Crippen molar-refractivity contribution < 1.29 is 23.9 Å². The second kappa shape index (κ2) is 8.99. The fourth-order valence-electron chi connectivity index (χ4n) is 2.22. The van der Waals surface area contributed by atoms with Gasteiger partial charge in [-0.1, -0.05) is 0 Å². The summed E-state index contributed by atoms with van der Waals surface area (Å²) in [4.78, 5) is 34.8. The summed E-state index contributed by atoms with van der Waals surface area (Å²) in [5, 5.41) is 8.43. The third kappa shape index (κ3) is 5.64. The maximum Gasteiger partial charge on any atom is 0.325 e. The van der Waals surface area contributed by atoms with Gasteiger partial charge in [-0.25, -0.2) is 0 Å². The van der Waals surface area contributed by atoms with Gasteiger partial charge in [0.15, 0.2) is 0 Å². The number of ether oxygens (including phenoxy) is 2. The van der Waals surface area contributed by atoms with Crippen molar-refractivity contribution in [3.05, 3.63) is 29.8 Å². The smallest absolute Gasteiger partial charge is 0.325 e. The Hall–Kier alpha value is -2.45. The van der Waals surface area contributed by atoms with E-state index in [1.54, 1.807) is 24.3 Å². The normalized spacial score (nSPS) is 17.0. The summed E-state index contributed by atoms with van der Waals surface area (Å²) in [7, 11) is 1.25. The zero-order valence-electron chi connectivity index (χ0n) is 13.5. The van der Waals surface area contributed by atoms with Gasteiger partial charge < -0.3 is 25.4 Å². The fraction of sp³-hybridized carbons (Fsp3) is 0.438. The number of anilines is 1. The van der Waals surface area contributed by atoms with Crippen molar-refractivity contribution in [3.63, 3.8) is 0 Å². The number of methoxy groups -OCH3 is 1. The van der Waals surface area contributed by atoms with E-state index in [2.05, 4.69) is 20.7 Å². The molecule has 0 bridgehead atoms. The maximum atomic E-state index is 12.0. The molecule has 8 nitrogen and oxygen atoms in total. The number of morpholine rings is 1. The van der Waals surface area contributed by atoms with Crippen molar-refractivity contribution >= 4 is 23.5 Å². The standard InChI is InChI=1S/C16H21N3O5/c1-23-15(21)9-18-16(22)11-2-4-12(5-3-11)19-14(20)8-13-10-24-7-6-17-13/h2-5,13,17H,6-10H2,1H3,(H,18,22)(H,19,20). The fourth-order valence-corrected chi connectivity index (χ4v) is 2.22. The van der Waals surface area contributed by atoms with E-state index < -0.39 is 5.97 Å². The third-order valence-corrected chi connectivity index (χ3v) is 3.48. The first-order valence-corrected chi connectivity index (χ1v) is 7.64. The minimum absolute atomic E-state index is 0.0159. The third-order valence-electron chi connectivity index (χ3n) is 3.48. The molecule has 3 N–H and O–H groups in total. The first-order valence-electron chi connectivity index (χ1n) is 7.64. The lowest BCUT2D eigenvalue weighted by Gasteiger charge is -2.23. The Morgan fingerprint density at radius 2 is 2.04 bits per heavy atom. The van der Waals surface area contributed by atoms with E-state index in [-0.39, 0.29) is 24.4 Å². The Morgan fingerprint density at radius 1 is 1.29 bits per heavy atom. The molecule has 1 heterocycles. The van der Waals surface area contributed by atoms with Gasteiger partial charge in [0.1, 0.15) is 6.54 Å². The number of carbonyl (C=O) groups is 3. The van der Waals surface area contributed by atoms with Crippen LogP contribution in [0.25, 0.3) is 0 Å².